The summed E-state index contributed by atoms with van der Waals surface area (Å²) in [6.45, 7) is 8.86. The molecule has 0 spiro atoms. The molecule has 0 bridgehead atoms. The van der Waals surface area contributed by atoms with E-state index in [1.165, 1.54) is 0 Å². The van der Waals surface area contributed by atoms with Gasteiger partial charge in [-0.3, -0.25) is 0 Å². The van der Waals surface area contributed by atoms with Gasteiger partial charge in [-0.1, -0.05) is 60.7 Å². The van der Waals surface area contributed by atoms with E-state index in [0.29, 0.717) is 25.2 Å². The van der Waals surface area contributed by atoms with Gasteiger partial charge >= 0.3 is 0 Å². The number of aryl methyl sites for hydroxylation is 1. The highest BCUT2D eigenvalue weighted by molar-refractivity contribution is 7.89. The minimum atomic E-state index is -3.78. The van der Waals surface area contributed by atoms with Crippen LogP contribution in [-0.4, -0.2) is 34.9 Å². The van der Waals surface area contributed by atoms with Crippen LogP contribution in [0.4, 0.5) is 11.4 Å². The van der Waals surface area contributed by atoms with Gasteiger partial charge in [-0.25, -0.2) is 18.2 Å². The molecular weight excluding hydrogens is 470 g/mol. The lowest BCUT2D eigenvalue weighted by atomic mass is 9.96. The van der Waals surface area contributed by atoms with E-state index in [4.69, 9.17) is 6.57 Å². The number of hydrogen-bond acceptors (Lipinski definition) is 4. The van der Waals surface area contributed by atoms with Crippen molar-refractivity contribution in [3.05, 3.63) is 120 Å². The predicted octanol–water partition coefficient (Wildman–Crippen LogP) is 4.79. The number of benzene rings is 3. The number of hydrogen-bond donors (Lipinski definition) is 0. The molecule has 0 unspecified atom stereocenters. The summed E-state index contributed by atoms with van der Waals surface area (Å²) in [5, 5.41) is 0. The second-order valence-electron chi connectivity index (χ2n) is 9.01. The molecule has 4 aromatic rings. The highest BCUT2D eigenvalue weighted by Crippen LogP contribution is 2.35. The van der Waals surface area contributed by atoms with Crippen molar-refractivity contribution in [2.75, 3.05) is 11.4 Å². The molecule has 1 aromatic heterocycles. The van der Waals surface area contributed by atoms with Gasteiger partial charge in [0, 0.05) is 38.1 Å². The van der Waals surface area contributed by atoms with Gasteiger partial charge in [0.1, 0.15) is 0 Å². The Bertz CT molecular complexity index is 1490. The molecule has 1 aliphatic rings. The largest absolute Gasteiger partial charge is 0.364 e. The quantitative estimate of drug-likeness (QED) is 0.344. The number of fused-ring (bicyclic) bond motifs is 1. The molecule has 0 saturated heterocycles. The number of aromatic nitrogens is 2. The van der Waals surface area contributed by atoms with E-state index in [0.717, 1.165) is 22.5 Å². The summed E-state index contributed by atoms with van der Waals surface area (Å²) in [7, 11) is -1.83. The highest BCUT2D eigenvalue weighted by Gasteiger charge is 2.36. The number of nitrogens with zero attached hydrogens (tertiary/aromatic N) is 5. The first-order valence-electron chi connectivity index (χ1n) is 11.8. The van der Waals surface area contributed by atoms with Gasteiger partial charge in [0.05, 0.1) is 30.0 Å². The Hall–Kier alpha value is -3.93. The molecule has 1 aliphatic heterocycles. The van der Waals surface area contributed by atoms with Crippen molar-refractivity contribution in [1.82, 2.24) is 13.9 Å². The molecule has 3 aromatic carbocycles. The third kappa shape index (κ3) is 4.76. The van der Waals surface area contributed by atoms with Crippen molar-refractivity contribution >= 4 is 21.4 Å². The third-order valence-corrected chi connectivity index (χ3v) is 8.54. The average molecular weight is 498 g/mol. The predicted molar refractivity (Wildman–Crippen MR) is 140 cm³/mol. The van der Waals surface area contributed by atoms with Gasteiger partial charge < -0.3 is 9.47 Å². The Morgan fingerprint density at radius 1 is 1.06 bits per heavy atom. The van der Waals surface area contributed by atoms with Crippen LogP contribution in [0.3, 0.4) is 0 Å². The maximum Gasteiger partial charge on any atom is 0.243 e. The molecule has 0 radical (unpaired) electrons. The first-order valence-corrected chi connectivity index (χ1v) is 13.2. The SMILES string of the molecule is [C-]#[N+]c1ccc2c(c1)C[C@@H](N(Cc1ccccc1)S(=O)(=O)c1ccccc1)CN2Cc1cncn1C. The number of rotatable bonds is 7. The maximum atomic E-state index is 14.0. The lowest BCUT2D eigenvalue weighted by Crippen LogP contribution is -2.50. The first kappa shape index (κ1) is 23.8. The average Bonchev–Trinajstić information content (AvgIpc) is 3.31. The molecular formula is C28H27N5O2S. The fraction of sp³-hybridized carbons (Fsp3) is 0.214. The van der Waals surface area contributed by atoms with Crippen LogP contribution in [0.25, 0.3) is 4.85 Å². The summed E-state index contributed by atoms with van der Waals surface area (Å²) in [5.74, 6) is 0. The highest BCUT2D eigenvalue weighted by atomic mass is 32.2. The van der Waals surface area contributed by atoms with Crippen LogP contribution in [0.15, 0.2) is 96.3 Å². The Labute approximate surface area is 212 Å². The van der Waals surface area contributed by atoms with Crippen molar-refractivity contribution in [1.29, 1.82) is 0 Å². The molecule has 36 heavy (non-hydrogen) atoms. The lowest BCUT2D eigenvalue weighted by molar-refractivity contribution is 0.302. The monoisotopic (exact) mass is 497 g/mol. The Kier molecular flexibility index (Phi) is 6.59. The maximum absolute atomic E-state index is 14.0. The van der Waals surface area contributed by atoms with E-state index < -0.39 is 10.0 Å². The van der Waals surface area contributed by atoms with Crippen molar-refractivity contribution < 1.29 is 8.42 Å². The van der Waals surface area contributed by atoms with Crippen LogP contribution < -0.4 is 4.90 Å². The Balaban J connectivity index is 1.58. The van der Waals surface area contributed by atoms with Crippen LogP contribution in [0.5, 0.6) is 0 Å². The third-order valence-electron chi connectivity index (χ3n) is 6.63. The molecule has 5 rings (SSSR count). The van der Waals surface area contributed by atoms with Crippen LogP contribution in [0.1, 0.15) is 16.8 Å². The number of sulfonamides is 1. The van der Waals surface area contributed by atoms with E-state index in [9.17, 15) is 8.42 Å². The van der Waals surface area contributed by atoms with Gasteiger partial charge in [0.15, 0.2) is 5.69 Å². The Morgan fingerprint density at radius 2 is 1.78 bits per heavy atom. The topological polar surface area (TPSA) is 62.8 Å². The van der Waals surface area contributed by atoms with Crippen molar-refractivity contribution in [2.24, 2.45) is 7.05 Å². The minimum absolute atomic E-state index is 0.264. The second-order valence-corrected chi connectivity index (χ2v) is 10.9. The van der Waals surface area contributed by atoms with E-state index in [-0.39, 0.29) is 17.5 Å². The summed E-state index contributed by atoms with van der Waals surface area (Å²) in [4.78, 5) is 10.3. The minimum Gasteiger partial charge on any atom is -0.364 e. The molecule has 8 heteroatoms. The molecule has 0 aliphatic carbocycles. The van der Waals surface area contributed by atoms with E-state index >= 15 is 0 Å². The molecule has 182 valence electrons. The summed E-state index contributed by atoms with van der Waals surface area (Å²) in [6.07, 6.45) is 4.13. The standard InChI is InChI=1S/C28H27N5O2S/c1-29-24-13-14-28-23(15-24)16-25(19-32(28)20-26-17-30-21-31(26)2)33(18-22-9-5-3-6-10-22)36(34,35)27-11-7-4-8-12-27/h3-15,17,21,25H,16,18-20H2,2H3/t25-/m1/s1. The number of imidazole rings is 1. The smallest absolute Gasteiger partial charge is 0.243 e. The zero-order valence-corrected chi connectivity index (χ0v) is 20.8. The van der Waals surface area contributed by atoms with Crippen LogP contribution in [-0.2, 0) is 36.6 Å². The zero-order chi connectivity index (χ0) is 25.1. The number of anilines is 1. The summed E-state index contributed by atoms with van der Waals surface area (Å²) >= 11 is 0. The molecule has 0 fully saturated rings. The second kappa shape index (κ2) is 9.97. The molecule has 0 amide bonds. The fourth-order valence-electron chi connectivity index (χ4n) is 4.76. The summed E-state index contributed by atoms with van der Waals surface area (Å²) < 4.78 is 31.6. The van der Waals surface area contributed by atoms with Gasteiger partial charge in [0.25, 0.3) is 0 Å². The molecule has 1 atom stereocenters. The van der Waals surface area contributed by atoms with Crippen molar-refractivity contribution in [3.8, 4) is 0 Å². The molecule has 2 heterocycles. The van der Waals surface area contributed by atoms with Crippen molar-refractivity contribution in [2.45, 2.75) is 30.4 Å². The van der Waals surface area contributed by atoms with E-state index in [1.807, 2.05) is 72.4 Å². The molecule has 7 nitrogen and oxygen atoms in total. The zero-order valence-electron chi connectivity index (χ0n) is 20.0. The lowest BCUT2D eigenvalue weighted by Gasteiger charge is -2.41. The van der Waals surface area contributed by atoms with Gasteiger partial charge in [0.2, 0.25) is 10.0 Å². The summed E-state index contributed by atoms with van der Waals surface area (Å²) in [6, 6.07) is 23.7. The van der Waals surface area contributed by atoms with E-state index in [2.05, 4.69) is 14.7 Å². The molecule has 0 N–H and O–H groups in total. The van der Waals surface area contributed by atoms with Gasteiger partial charge in [-0.2, -0.15) is 4.31 Å². The van der Waals surface area contributed by atoms with Crippen molar-refractivity contribution in [3.63, 3.8) is 0 Å². The van der Waals surface area contributed by atoms with Crippen LogP contribution >= 0.6 is 0 Å². The van der Waals surface area contributed by atoms with Gasteiger partial charge in [-0.15, -0.1) is 0 Å². The van der Waals surface area contributed by atoms with E-state index in [1.54, 1.807) is 34.9 Å². The fourth-order valence-corrected chi connectivity index (χ4v) is 6.39. The molecule has 0 saturated carbocycles. The first-order chi connectivity index (χ1) is 17.5. The van der Waals surface area contributed by atoms with Crippen LogP contribution in [0.2, 0.25) is 0 Å². The normalized spacial score (nSPS) is 15.5. The van der Waals surface area contributed by atoms with Gasteiger partial charge in [-0.05, 0) is 35.7 Å². The summed E-state index contributed by atoms with van der Waals surface area (Å²) in [5.41, 5.74) is 4.50. The van der Waals surface area contributed by atoms with Crippen LogP contribution in [0, 0.1) is 6.57 Å². The Morgan fingerprint density at radius 3 is 2.44 bits per heavy atom.